The van der Waals surface area contributed by atoms with Crippen molar-refractivity contribution >= 4 is 54.2 Å². The Morgan fingerprint density at radius 1 is 0.833 bits per heavy atom. The van der Waals surface area contributed by atoms with Crippen molar-refractivity contribution in [2.45, 2.75) is 32.9 Å². The summed E-state index contributed by atoms with van der Waals surface area (Å²) in [5.74, 6) is -0.542. The van der Waals surface area contributed by atoms with Gasteiger partial charge in [-0.25, -0.2) is 8.42 Å². The zero-order chi connectivity index (χ0) is 30.3. The molecule has 220 valence electrons. The maximum Gasteiger partial charge on any atom is 0.244 e. The van der Waals surface area contributed by atoms with Gasteiger partial charge in [0.05, 0.1) is 11.9 Å². The van der Waals surface area contributed by atoms with E-state index in [-0.39, 0.29) is 24.8 Å². The molecule has 0 radical (unpaired) electrons. The van der Waals surface area contributed by atoms with Crippen LogP contribution in [-0.4, -0.2) is 50.5 Å². The molecule has 0 saturated heterocycles. The number of carbonyl (C=O) groups is 2. The number of anilines is 1. The predicted molar refractivity (Wildman–Crippen MR) is 173 cm³/mol. The maximum absolute atomic E-state index is 14.3. The lowest BCUT2D eigenvalue weighted by molar-refractivity contribution is -0.140. The van der Waals surface area contributed by atoms with Crippen LogP contribution in [0, 0.1) is 5.92 Å². The molecule has 0 aromatic heterocycles. The molecule has 42 heavy (non-hydrogen) atoms. The van der Waals surface area contributed by atoms with Gasteiger partial charge in [0, 0.05) is 29.4 Å². The zero-order valence-corrected chi connectivity index (χ0v) is 26.4. The van der Waals surface area contributed by atoms with Crippen molar-refractivity contribution in [2.24, 2.45) is 5.92 Å². The molecule has 9 heteroatoms. The van der Waals surface area contributed by atoms with Crippen LogP contribution in [0.1, 0.15) is 25.0 Å². The van der Waals surface area contributed by atoms with Crippen LogP contribution in [0.15, 0.2) is 102 Å². The van der Waals surface area contributed by atoms with E-state index >= 15 is 0 Å². The first-order chi connectivity index (χ1) is 20.0. The number of benzene rings is 4. The van der Waals surface area contributed by atoms with Crippen LogP contribution in [0.3, 0.4) is 0 Å². The second-order valence-electron chi connectivity index (χ2n) is 10.8. The first-order valence-electron chi connectivity index (χ1n) is 13.8. The number of halogens is 1. The van der Waals surface area contributed by atoms with E-state index in [0.29, 0.717) is 17.6 Å². The number of rotatable bonds is 12. The topological polar surface area (TPSA) is 86.8 Å². The van der Waals surface area contributed by atoms with Crippen molar-refractivity contribution in [1.82, 2.24) is 10.2 Å². The fourth-order valence-electron chi connectivity index (χ4n) is 4.78. The quantitative estimate of drug-likeness (QED) is 0.211. The summed E-state index contributed by atoms with van der Waals surface area (Å²) in [7, 11) is -3.86. The average molecular weight is 651 g/mol. The summed E-state index contributed by atoms with van der Waals surface area (Å²) in [6.07, 6.45) is 1.37. The van der Waals surface area contributed by atoms with E-state index in [4.69, 9.17) is 0 Å². The smallest absolute Gasteiger partial charge is 0.244 e. The number of carbonyl (C=O) groups excluding carboxylic acids is 2. The van der Waals surface area contributed by atoms with Gasteiger partial charge in [-0.05, 0) is 40.6 Å². The number of hydrogen-bond acceptors (Lipinski definition) is 4. The van der Waals surface area contributed by atoms with Gasteiger partial charge in [-0.3, -0.25) is 13.9 Å². The van der Waals surface area contributed by atoms with Crippen molar-refractivity contribution in [3.8, 4) is 0 Å². The van der Waals surface area contributed by atoms with Gasteiger partial charge in [0.15, 0.2) is 0 Å². The normalized spacial score (nSPS) is 12.2. The van der Waals surface area contributed by atoms with Gasteiger partial charge in [-0.15, -0.1) is 0 Å². The molecule has 0 aliphatic heterocycles. The Morgan fingerprint density at radius 3 is 2.14 bits per heavy atom. The summed E-state index contributed by atoms with van der Waals surface area (Å²) in [6, 6.07) is 29.0. The summed E-state index contributed by atoms with van der Waals surface area (Å²) >= 11 is 3.45. The number of nitrogens with one attached hydrogen (secondary N) is 1. The minimum absolute atomic E-state index is 0.131. The molecule has 4 aromatic carbocycles. The number of fused-ring (bicyclic) bond motifs is 1. The van der Waals surface area contributed by atoms with E-state index in [1.54, 1.807) is 12.1 Å². The van der Waals surface area contributed by atoms with Crippen molar-refractivity contribution in [2.75, 3.05) is 23.7 Å². The average Bonchev–Trinajstić information content (AvgIpc) is 2.97. The van der Waals surface area contributed by atoms with Gasteiger partial charge in [-0.2, -0.15) is 0 Å². The highest BCUT2D eigenvalue weighted by molar-refractivity contribution is 9.10. The first-order valence-corrected chi connectivity index (χ1v) is 16.5. The highest BCUT2D eigenvalue weighted by Gasteiger charge is 2.33. The van der Waals surface area contributed by atoms with Crippen LogP contribution >= 0.6 is 15.9 Å². The molecule has 0 fully saturated rings. The van der Waals surface area contributed by atoms with Gasteiger partial charge in [0.2, 0.25) is 21.8 Å². The largest absolute Gasteiger partial charge is 0.354 e. The van der Waals surface area contributed by atoms with E-state index in [9.17, 15) is 18.0 Å². The van der Waals surface area contributed by atoms with Crippen molar-refractivity contribution in [1.29, 1.82) is 0 Å². The summed E-state index contributed by atoms with van der Waals surface area (Å²) < 4.78 is 28.4. The molecule has 0 spiro atoms. The Hall–Kier alpha value is -3.69. The molecule has 0 heterocycles. The first kappa shape index (κ1) is 31.3. The Balaban J connectivity index is 1.77. The van der Waals surface area contributed by atoms with Gasteiger partial charge >= 0.3 is 0 Å². The Labute approximate surface area is 256 Å². The molecular weight excluding hydrogens is 614 g/mol. The van der Waals surface area contributed by atoms with Crippen LogP contribution < -0.4 is 9.62 Å². The second-order valence-corrected chi connectivity index (χ2v) is 13.6. The highest BCUT2D eigenvalue weighted by Crippen LogP contribution is 2.29. The molecule has 4 rings (SSSR count). The molecule has 1 N–H and O–H groups in total. The lowest BCUT2D eigenvalue weighted by atomic mass is 10.0. The fourth-order valence-corrected chi connectivity index (χ4v) is 5.91. The number of hydrogen-bond donors (Lipinski definition) is 1. The molecule has 2 amide bonds. The number of nitrogens with zero attached hydrogens (tertiary/aromatic N) is 2. The number of amides is 2. The summed E-state index contributed by atoms with van der Waals surface area (Å²) in [5.41, 5.74) is 2.12. The third kappa shape index (κ3) is 8.20. The van der Waals surface area contributed by atoms with E-state index in [1.165, 1.54) is 4.90 Å². The van der Waals surface area contributed by atoms with Crippen molar-refractivity contribution < 1.29 is 18.0 Å². The van der Waals surface area contributed by atoms with Crippen molar-refractivity contribution in [3.63, 3.8) is 0 Å². The van der Waals surface area contributed by atoms with Gasteiger partial charge in [0.1, 0.15) is 12.6 Å². The van der Waals surface area contributed by atoms with Crippen LogP contribution in [0.2, 0.25) is 0 Å². The molecular formula is C33H36BrN3O4S. The standard InChI is InChI=1S/C33H36BrN3O4S/c1-24(2)21-35-33(39)31(20-25-10-5-4-6-11-25)36(22-26-16-18-28(34)19-17-26)32(38)23-37(42(3,40)41)30-15-9-13-27-12-7-8-14-29(27)30/h4-19,24,31H,20-23H2,1-3H3,(H,35,39)/t31-/m1/s1. The Bertz CT molecular complexity index is 1620. The summed E-state index contributed by atoms with van der Waals surface area (Å²) in [6.45, 7) is 4.14. The van der Waals surface area contributed by atoms with Crippen LogP contribution in [0.4, 0.5) is 5.69 Å². The Kier molecular flexibility index (Phi) is 10.4. The van der Waals surface area contributed by atoms with Crippen LogP contribution in [-0.2, 0) is 32.6 Å². The second kappa shape index (κ2) is 14.0. The van der Waals surface area contributed by atoms with Crippen LogP contribution in [0.25, 0.3) is 10.8 Å². The minimum Gasteiger partial charge on any atom is -0.354 e. The lowest BCUT2D eigenvalue weighted by Crippen LogP contribution is -2.53. The van der Waals surface area contributed by atoms with E-state index in [2.05, 4.69) is 21.2 Å². The predicted octanol–water partition coefficient (Wildman–Crippen LogP) is 5.78. The van der Waals surface area contributed by atoms with E-state index in [0.717, 1.165) is 31.5 Å². The maximum atomic E-state index is 14.3. The molecule has 0 bridgehead atoms. The monoisotopic (exact) mass is 649 g/mol. The van der Waals surface area contributed by atoms with E-state index in [1.807, 2.05) is 98.8 Å². The summed E-state index contributed by atoms with van der Waals surface area (Å²) in [5, 5.41) is 4.57. The fraction of sp³-hybridized carbons (Fsp3) is 0.273. The third-order valence-corrected chi connectivity index (χ3v) is 8.59. The van der Waals surface area contributed by atoms with Gasteiger partial charge < -0.3 is 10.2 Å². The molecule has 0 aliphatic carbocycles. The molecule has 4 aromatic rings. The minimum atomic E-state index is -3.86. The lowest BCUT2D eigenvalue weighted by Gasteiger charge is -2.34. The van der Waals surface area contributed by atoms with Gasteiger partial charge in [-0.1, -0.05) is 109 Å². The zero-order valence-electron chi connectivity index (χ0n) is 24.0. The van der Waals surface area contributed by atoms with Crippen LogP contribution in [0.5, 0.6) is 0 Å². The molecule has 0 saturated carbocycles. The van der Waals surface area contributed by atoms with Crippen molar-refractivity contribution in [3.05, 3.63) is 113 Å². The highest BCUT2D eigenvalue weighted by atomic mass is 79.9. The molecule has 0 aliphatic rings. The SMILES string of the molecule is CC(C)CNC(=O)[C@@H](Cc1ccccc1)N(Cc1ccc(Br)cc1)C(=O)CN(c1cccc2ccccc12)S(C)(=O)=O. The number of sulfonamides is 1. The Morgan fingerprint density at radius 2 is 1.48 bits per heavy atom. The van der Waals surface area contributed by atoms with E-state index < -0.39 is 28.5 Å². The summed E-state index contributed by atoms with van der Waals surface area (Å²) in [4.78, 5) is 29.5. The molecule has 1 atom stereocenters. The van der Waals surface area contributed by atoms with Gasteiger partial charge in [0.25, 0.3) is 0 Å². The molecule has 7 nitrogen and oxygen atoms in total. The third-order valence-electron chi connectivity index (χ3n) is 6.94. The molecule has 0 unspecified atom stereocenters.